The lowest BCUT2D eigenvalue weighted by atomic mass is 10.0. The summed E-state index contributed by atoms with van der Waals surface area (Å²) >= 11 is 1.43. The Kier molecular flexibility index (Phi) is 6.23. The number of carbonyl (C=O) groups excluding carboxylic acids is 1. The Bertz CT molecular complexity index is 1220. The Balaban J connectivity index is 1.62. The van der Waals surface area contributed by atoms with E-state index in [4.69, 9.17) is 9.72 Å². The molecule has 4 nitrogen and oxygen atoms in total. The molecule has 0 saturated heterocycles. The van der Waals surface area contributed by atoms with Crippen LogP contribution in [0.2, 0.25) is 0 Å². The molecule has 5 heteroatoms. The van der Waals surface area contributed by atoms with Crippen molar-refractivity contribution < 1.29 is 9.53 Å². The molecule has 0 unspecified atom stereocenters. The smallest absolute Gasteiger partial charge is 0.234 e. The molecule has 31 heavy (non-hydrogen) atoms. The van der Waals surface area contributed by atoms with Crippen LogP contribution in [-0.4, -0.2) is 23.8 Å². The second-order valence-electron chi connectivity index (χ2n) is 7.36. The first kappa shape index (κ1) is 20.9. The fraction of sp³-hybridized carbons (Fsp3) is 0.154. The third kappa shape index (κ3) is 4.72. The molecular weight excluding hydrogens is 404 g/mol. The minimum Gasteiger partial charge on any atom is -0.497 e. The number of para-hydroxylation sites is 1. The number of nitrogens with one attached hydrogen (secondary N) is 1. The Hall–Kier alpha value is -3.31. The number of thioether (sulfide) groups is 1. The van der Waals surface area contributed by atoms with Gasteiger partial charge in [0.1, 0.15) is 5.75 Å². The normalized spacial score (nSPS) is 10.8. The average Bonchev–Trinajstić information content (AvgIpc) is 2.79. The van der Waals surface area contributed by atoms with E-state index >= 15 is 0 Å². The number of aryl methyl sites for hydroxylation is 2. The number of aromatic nitrogens is 1. The molecule has 0 aliphatic heterocycles. The minimum atomic E-state index is -0.0452. The quantitative estimate of drug-likeness (QED) is 0.368. The van der Waals surface area contributed by atoms with Gasteiger partial charge in [0.25, 0.3) is 0 Å². The molecule has 0 aliphatic carbocycles. The van der Waals surface area contributed by atoms with Crippen molar-refractivity contribution in [2.24, 2.45) is 0 Å². The van der Waals surface area contributed by atoms with Crippen molar-refractivity contribution in [3.05, 3.63) is 83.9 Å². The van der Waals surface area contributed by atoms with Gasteiger partial charge in [-0.25, -0.2) is 4.98 Å². The van der Waals surface area contributed by atoms with Crippen LogP contribution >= 0.6 is 11.8 Å². The number of ether oxygens (including phenoxy) is 1. The van der Waals surface area contributed by atoms with Crippen molar-refractivity contribution >= 4 is 34.3 Å². The first-order chi connectivity index (χ1) is 15.0. The van der Waals surface area contributed by atoms with Gasteiger partial charge < -0.3 is 10.1 Å². The Morgan fingerprint density at radius 3 is 2.42 bits per heavy atom. The molecule has 0 spiro atoms. The lowest BCUT2D eigenvalue weighted by molar-refractivity contribution is -0.113. The molecule has 3 aromatic carbocycles. The Morgan fingerprint density at radius 1 is 0.968 bits per heavy atom. The van der Waals surface area contributed by atoms with Gasteiger partial charge in [-0.2, -0.15) is 0 Å². The minimum absolute atomic E-state index is 0.0452. The standard InChI is InChI=1S/C26H24N2O2S/c1-17-8-7-9-18(2)26(17)28-24(29)16-31-25-15-22(19-10-5-4-6-11-19)21-13-12-20(30-3)14-23(21)27-25/h4-15H,16H2,1-3H3,(H,28,29). The second-order valence-corrected chi connectivity index (χ2v) is 8.36. The van der Waals surface area contributed by atoms with Gasteiger partial charge in [-0.05, 0) is 54.3 Å². The number of amides is 1. The highest BCUT2D eigenvalue weighted by Crippen LogP contribution is 2.33. The van der Waals surface area contributed by atoms with Gasteiger partial charge in [-0.3, -0.25) is 4.79 Å². The highest BCUT2D eigenvalue weighted by Gasteiger charge is 2.12. The molecule has 1 amide bonds. The van der Waals surface area contributed by atoms with Crippen molar-refractivity contribution in [2.75, 3.05) is 18.2 Å². The number of pyridine rings is 1. The zero-order chi connectivity index (χ0) is 21.8. The van der Waals surface area contributed by atoms with E-state index < -0.39 is 0 Å². The third-order valence-electron chi connectivity index (χ3n) is 5.18. The fourth-order valence-corrected chi connectivity index (χ4v) is 4.28. The third-order valence-corrected chi connectivity index (χ3v) is 6.09. The lowest BCUT2D eigenvalue weighted by Gasteiger charge is -2.12. The van der Waals surface area contributed by atoms with Crippen LogP contribution in [0.25, 0.3) is 22.0 Å². The highest BCUT2D eigenvalue weighted by atomic mass is 32.2. The summed E-state index contributed by atoms with van der Waals surface area (Å²) in [6.07, 6.45) is 0. The number of methoxy groups -OCH3 is 1. The van der Waals surface area contributed by atoms with Gasteiger partial charge >= 0.3 is 0 Å². The molecule has 156 valence electrons. The first-order valence-electron chi connectivity index (χ1n) is 10.1. The van der Waals surface area contributed by atoms with E-state index in [2.05, 4.69) is 23.5 Å². The van der Waals surface area contributed by atoms with Gasteiger partial charge in [-0.1, -0.05) is 60.3 Å². The zero-order valence-electron chi connectivity index (χ0n) is 17.8. The average molecular weight is 429 g/mol. The summed E-state index contributed by atoms with van der Waals surface area (Å²) in [5.74, 6) is 0.995. The summed E-state index contributed by atoms with van der Waals surface area (Å²) in [5, 5.41) is 4.90. The van der Waals surface area contributed by atoms with Crippen molar-refractivity contribution in [1.82, 2.24) is 4.98 Å². The summed E-state index contributed by atoms with van der Waals surface area (Å²) in [5.41, 5.74) is 6.04. The topological polar surface area (TPSA) is 51.2 Å². The van der Waals surface area contributed by atoms with E-state index in [0.717, 1.165) is 49.6 Å². The number of carbonyl (C=O) groups is 1. The Labute approximate surface area is 186 Å². The number of hydrogen-bond donors (Lipinski definition) is 1. The van der Waals surface area contributed by atoms with Crippen LogP contribution in [0.1, 0.15) is 11.1 Å². The molecule has 0 aliphatic rings. The maximum Gasteiger partial charge on any atom is 0.234 e. The molecule has 1 heterocycles. The first-order valence-corrected chi connectivity index (χ1v) is 11.1. The van der Waals surface area contributed by atoms with Gasteiger partial charge in [0.05, 0.1) is 23.4 Å². The zero-order valence-corrected chi connectivity index (χ0v) is 18.6. The molecule has 1 N–H and O–H groups in total. The van der Waals surface area contributed by atoms with E-state index in [9.17, 15) is 4.79 Å². The van der Waals surface area contributed by atoms with Gasteiger partial charge in [0, 0.05) is 17.1 Å². The van der Waals surface area contributed by atoms with Gasteiger partial charge in [0.2, 0.25) is 5.91 Å². The molecular formula is C26H24N2O2S. The predicted octanol–water partition coefficient (Wildman–Crippen LogP) is 6.26. The summed E-state index contributed by atoms with van der Waals surface area (Å²) in [6, 6.07) is 24.2. The van der Waals surface area contributed by atoms with Crippen molar-refractivity contribution in [1.29, 1.82) is 0 Å². The predicted molar refractivity (Wildman–Crippen MR) is 129 cm³/mol. The van der Waals surface area contributed by atoms with Crippen LogP contribution in [0.4, 0.5) is 5.69 Å². The molecule has 4 rings (SSSR count). The monoisotopic (exact) mass is 428 g/mol. The van der Waals surface area contributed by atoms with Crippen molar-refractivity contribution in [3.63, 3.8) is 0 Å². The SMILES string of the molecule is COc1ccc2c(-c3ccccc3)cc(SCC(=O)Nc3c(C)cccc3C)nc2c1. The van der Waals surface area contributed by atoms with Crippen LogP contribution in [-0.2, 0) is 4.79 Å². The lowest BCUT2D eigenvalue weighted by Crippen LogP contribution is -2.15. The molecule has 0 saturated carbocycles. The Morgan fingerprint density at radius 2 is 1.71 bits per heavy atom. The summed E-state index contributed by atoms with van der Waals surface area (Å²) in [6.45, 7) is 4.00. The number of benzene rings is 3. The summed E-state index contributed by atoms with van der Waals surface area (Å²) in [4.78, 5) is 17.4. The fourth-order valence-electron chi connectivity index (χ4n) is 3.57. The maximum absolute atomic E-state index is 12.6. The van der Waals surface area contributed by atoms with Crippen molar-refractivity contribution in [2.45, 2.75) is 18.9 Å². The summed E-state index contributed by atoms with van der Waals surface area (Å²) < 4.78 is 5.38. The summed E-state index contributed by atoms with van der Waals surface area (Å²) in [7, 11) is 1.65. The maximum atomic E-state index is 12.6. The van der Waals surface area contributed by atoms with Crippen LogP contribution in [0, 0.1) is 13.8 Å². The number of anilines is 1. The molecule has 0 radical (unpaired) electrons. The molecule has 1 aromatic heterocycles. The van der Waals surface area contributed by atoms with Crippen LogP contribution in [0.15, 0.2) is 77.8 Å². The van der Waals surface area contributed by atoms with Gasteiger partial charge in [0.15, 0.2) is 0 Å². The van der Waals surface area contributed by atoms with Crippen LogP contribution in [0.3, 0.4) is 0 Å². The van der Waals surface area contributed by atoms with E-state index in [-0.39, 0.29) is 11.7 Å². The number of rotatable bonds is 6. The number of hydrogen-bond acceptors (Lipinski definition) is 4. The van der Waals surface area contributed by atoms with Gasteiger partial charge in [-0.15, -0.1) is 0 Å². The number of nitrogens with zero attached hydrogens (tertiary/aromatic N) is 1. The molecule has 0 bridgehead atoms. The molecule has 0 fully saturated rings. The van der Waals surface area contributed by atoms with Crippen molar-refractivity contribution in [3.8, 4) is 16.9 Å². The highest BCUT2D eigenvalue weighted by molar-refractivity contribution is 7.99. The van der Waals surface area contributed by atoms with E-state index in [1.54, 1.807) is 7.11 Å². The van der Waals surface area contributed by atoms with Crippen LogP contribution < -0.4 is 10.1 Å². The molecule has 0 atom stereocenters. The van der Waals surface area contributed by atoms with Crippen LogP contribution in [0.5, 0.6) is 5.75 Å². The second kappa shape index (κ2) is 9.23. The largest absolute Gasteiger partial charge is 0.497 e. The number of fused-ring (bicyclic) bond motifs is 1. The van der Waals surface area contributed by atoms with E-state index in [1.165, 1.54) is 11.8 Å². The van der Waals surface area contributed by atoms with E-state index in [1.807, 2.05) is 68.4 Å². The van der Waals surface area contributed by atoms with E-state index in [0.29, 0.717) is 0 Å². The molecule has 4 aromatic rings.